The fourth-order valence-electron chi connectivity index (χ4n) is 2.93. The minimum absolute atomic E-state index is 0.00549. The van der Waals surface area contributed by atoms with Crippen LogP contribution in [-0.4, -0.2) is 52.0 Å². The molecule has 1 saturated heterocycles. The van der Waals surface area contributed by atoms with Crippen LogP contribution in [-0.2, 0) is 26.0 Å². The zero-order valence-corrected chi connectivity index (χ0v) is 17.2. The van der Waals surface area contributed by atoms with Crippen molar-refractivity contribution in [3.05, 3.63) is 52.8 Å². The molecule has 0 bridgehead atoms. The summed E-state index contributed by atoms with van der Waals surface area (Å²) in [6.45, 7) is 1.12. The van der Waals surface area contributed by atoms with Crippen molar-refractivity contribution in [2.45, 2.75) is 11.3 Å². The van der Waals surface area contributed by atoms with Crippen molar-refractivity contribution >= 4 is 33.2 Å². The minimum Gasteiger partial charge on any atom is -0.495 e. The first-order chi connectivity index (χ1) is 13.8. The van der Waals surface area contributed by atoms with Gasteiger partial charge in [0.05, 0.1) is 32.4 Å². The molecule has 0 aromatic heterocycles. The summed E-state index contributed by atoms with van der Waals surface area (Å²) in [6.07, 6.45) is -0.141. The first-order valence-electron chi connectivity index (χ1n) is 8.81. The molecule has 0 saturated carbocycles. The number of benzene rings is 2. The van der Waals surface area contributed by atoms with Gasteiger partial charge >= 0.3 is 0 Å². The van der Waals surface area contributed by atoms with Crippen molar-refractivity contribution in [2.75, 3.05) is 38.7 Å². The number of nitrogens with one attached hydrogen (secondary N) is 1. The van der Waals surface area contributed by atoms with Crippen molar-refractivity contribution in [1.29, 1.82) is 0 Å². The van der Waals surface area contributed by atoms with Gasteiger partial charge in [0.15, 0.2) is 0 Å². The molecule has 29 heavy (non-hydrogen) atoms. The van der Waals surface area contributed by atoms with Gasteiger partial charge < -0.3 is 14.8 Å². The molecule has 1 heterocycles. The van der Waals surface area contributed by atoms with E-state index < -0.39 is 21.7 Å². The molecule has 1 aliphatic rings. The SMILES string of the molecule is COc1ccc(CC(=O)Nc2ccc(Cl)cc2F)cc1S(=O)(=O)N1CCOCC1. The van der Waals surface area contributed by atoms with Crippen molar-refractivity contribution in [2.24, 2.45) is 0 Å². The van der Waals surface area contributed by atoms with E-state index in [0.717, 1.165) is 6.07 Å². The number of halogens is 2. The van der Waals surface area contributed by atoms with Crippen molar-refractivity contribution < 1.29 is 27.1 Å². The highest BCUT2D eigenvalue weighted by molar-refractivity contribution is 7.89. The number of sulfonamides is 1. The number of rotatable bonds is 6. The molecule has 0 radical (unpaired) electrons. The summed E-state index contributed by atoms with van der Waals surface area (Å²) in [4.78, 5) is 12.3. The molecule has 1 fully saturated rings. The van der Waals surface area contributed by atoms with Crippen molar-refractivity contribution in [1.82, 2.24) is 4.31 Å². The highest BCUT2D eigenvalue weighted by Crippen LogP contribution is 2.29. The summed E-state index contributed by atoms with van der Waals surface area (Å²) in [5.41, 5.74) is 0.443. The van der Waals surface area contributed by atoms with E-state index in [9.17, 15) is 17.6 Å². The van der Waals surface area contributed by atoms with Crippen LogP contribution in [0.4, 0.5) is 10.1 Å². The van der Waals surface area contributed by atoms with E-state index in [1.165, 1.54) is 35.7 Å². The Bertz CT molecular complexity index is 1010. The Hall–Kier alpha value is -2.20. The van der Waals surface area contributed by atoms with Crippen LogP contribution in [0.15, 0.2) is 41.3 Å². The lowest BCUT2D eigenvalue weighted by Crippen LogP contribution is -2.40. The monoisotopic (exact) mass is 442 g/mol. The molecule has 0 aliphatic carbocycles. The van der Waals surface area contributed by atoms with Crippen LogP contribution in [0.2, 0.25) is 5.02 Å². The second-order valence-electron chi connectivity index (χ2n) is 6.35. The molecule has 2 aromatic carbocycles. The fraction of sp³-hybridized carbons (Fsp3) is 0.316. The Labute approximate surface area is 173 Å². The van der Waals surface area contributed by atoms with E-state index in [1.807, 2.05) is 0 Å². The van der Waals surface area contributed by atoms with E-state index in [4.69, 9.17) is 21.1 Å². The molecule has 3 rings (SSSR count). The largest absolute Gasteiger partial charge is 0.495 e. The maximum Gasteiger partial charge on any atom is 0.246 e. The Morgan fingerprint density at radius 3 is 2.62 bits per heavy atom. The van der Waals surface area contributed by atoms with Gasteiger partial charge in [-0.2, -0.15) is 4.31 Å². The Morgan fingerprint density at radius 1 is 1.24 bits per heavy atom. The number of methoxy groups -OCH3 is 1. The lowest BCUT2D eigenvalue weighted by Gasteiger charge is -2.26. The van der Waals surface area contributed by atoms with Gasteiger partial charge in [0, 0.05) is 18.1 Å². The molecule has 156 valence electrons. The number of hydrogen-bond acceptors (Lipinski definition) is 5. The van der Waals surface area contributed by atoms with Gasteiger partial charge in [-0.25, -0.2) is 12.8 Å². The molecule has 7 nitrogen and oxygen atoms in total. The molecule has 0 unspecified atom stereocenters. The normalized spacial score (nSPS) is 15.1. The third kappa shape index (κ3) is 5.05. The average Bonchev–Trinajstić information content (AvgIpc) is 2.70. The molecule has 1 aliphatic heterocycles. The number of carbonyl (C=O) groups excluding carboxylic acids is 1. The lowest BCUT2D eigenvalue weighted by molar-refractivity contribution is -0.115. The van der Waals surface area contributed by atoms with E-state index in [1.54, 1.807) is 6.07 Å². The zero-order chi connectivity index (χ0) is 21.0. The van der Waals surface area contributed by atoms with E-state index >= 15 is 0 Å². The topological polar surface area (TPSA) is 84.9 Å². The first kappa shape index (κ1) is 21.5. The second kappa shape index (κ2) is 9.08. The number of morpholine rings is 1. The third-order valence-electron chi connectivity index (χ3n) is 4.39. The lowest BCUT2D eigenvalue weighted by atomic mass is 10.1. The average molecular weight is 443 g/mol. The van der Waals surface area contributed by atoms with Crippen LogP contribution in [0.3, 0.4) is 0 Å². The molecule has 0 spiro atoms. The molecule has 2 aromatic rings. The van der Waals surface area contributed by atoms with E-state index in [2.05, 4.69) is 5.32 Å². The predicted octanol–water partition coefficient (Wildman–Crippen LogP) is 2.69. The fourth-order valence-corrected chi connectivity index (χ4v) is 4.70. The van der Waals surface area contributed by atoms with Crippen molar-refractivity contribution in [3.63, 3.8) is 0 Å². The third-order valence-corrected chi connectivity index (χ3v) is 6.54. The number of hydrogen-bond donors (Lipinski definition) is 1. The Morgan fingerprint density at radius 2 is 1.97 bits per heavy atom. The van der Waals surface area contributed by atoms with E-state index in [-0.39, 0.29) is 40.9 Å². The summed E-state index contributed by atoms with van der Waals surface area (Å²) in [5, 5.41) is 2.67. The van der Waals surface area contributed by atoms with Crippen LogP contribution in [0.5, 0.6) is 5.75 Å². The molecule has 0 atom stereocenters. The number of carbonyl (C=O) groups is 1. The minimum atomic E-state index is -3.81. The first-order valence-corrected chi connectivity index (χ1v) is 10.6. The molecule has 1 N–H and O–H groups in total. The number of nitrogens with zero attached hydrogens (tertiary/aromatic N) is 1. The quantitative estimate of drug-likeness (QED) is 0.743. The van der Waals surface area contributed by atoms with Gasteiger partial charge in [-0.15, -0.1) is 0 Å². The summed E-state index contributed by atoms with van der Waals surface area (Å²) in [7, 11) is -2.43. The van der Waals surface area contributed by atoms with Crippen LogP contribution in [0.1, 0.15) is 5.56 Å². The molecular formula is C19H20ClFN2O5S. The van der Waals surface area contributed by atoms with Crippen molar-refractivity contribution in [3.8, 4) is 5.75 Å². The van der Waals surface area contributed by atoms with Crippen LogP contribution >= 0.6 is 11.6 Å². The highest BCUT2D eigenvalue weighted by atomic mass is 35.5. The summed E-state index contributed by atoms with van der Waals surface area (Å²) in [5.74, 6) is -0.966. The summed E-state index contributed by atoms with van der Waals surface area (Å²) < 4.78 is 51.6. The maximum absolute atomic E-state index is 13.9. The summed E-state index contributed by atoms with van der Waals surface area (Å²) in [6, 6.07) is 8.41. The van der Waals surface area contributed by atoms with Gasteiger partial charge in [-0.05, 0) is 35.9 Å². The van der Waals surface area contributed by atoms with Gasteiger partial charge in [0.25, 0.3) is 0 Å². The molecule has 1 amide bonds. The highest BCUT2D eigenvalue weighted by Gasteiger charge is 2.29. The van der Waals surface area contributed by atoms with Gasteiger partial charge in [0.2, 0.25) is 15.9 Å². The number of ether oxygens (including phenoxy) is 2. The summed E-state index contributed by atoms with van der Waals surface area (Å²) >= 11 is 5.70. The van der Waals surface area contributed by atoms with E-state index in [0.29, 0.717) is 18.8 Å². The van der Waals surface area contributed by atoms with Gasteiger partial charge in [-0.3, -0.25) is 4.79 Å². The smallest absolute Gasteiger partial charge is 0.246 e. The van der Waals surface area contributed by atoms with Crippen LogP contribution < -0.4 is 10.1 Å². The maximum atomic E-state index is 13.9. The molecule has 10 heteroatoms. The Kier molecular flexibility index (Phi) is 6.74. The molecular weight excluding hydrogens is 423 g/mol. The Balaban J connectivity index is 1.81. The van der Waals surface area contributed by atoms with Crippen LogP contribution in [0.25, 0.3) is 0 Å². The van der Waals surface area contributed by atoms with Gasteiger partial charge in [0.1, 0.15) is 16.5 Å². The number of amides is 1. The van der Waals surface area contributed by atoms with Gasteiger partial charge in [-0.1, -0.05) is 17.7 Å². The van der Waals surface area contributed by atoms with Crippen LogP contribution in [0, 0.1) is 5.82 Å². The standard InChI is InChI=1S/C19H20ClFN2O5S/c1-27-17-5-2-13(10-18(17)29(25,26)23-6-8-28-9-7-23)11-19(24)22-16-4-3-14(20)12-15(16)21/h2-5,10,12H,6-9,11H2,1H3,(H,22,24). The zero-order valence-electron chi connectivity index (χ0n) is 15.7. The predicted molar refractivity (Wildman–Crippen MR) is 106 cm³/mol. The number of anilines is 1. The second-order valence-corrected chi connectivity index (χ2v) is 8.69.